The quantitative estimate of drug-likeness (QED) is 0.327. The number of aromatic nitrogens is 2. The van der Waals surface area contributed by atoms with Crippen molar-refractivity contribution < 1.29 is 4.92 Å². The van der Waals surface area contributed by atoms with Gasteiger partial charge in [-0.05, 0) is 24.3 Å². The van der Waals surface area contributed by atoms with E-state index in [9.17, 15) is 14.9 Å². The van der Waals surface area contributed by atoms with Crippen molar-refractivity contribution in [2.45, 2.75) is 19.8 Å². The molecule has 7 nitrogen and oxygen atoms in total. The van der Waals surface area contributed by atoms with E-state index in [4.69, 9.17) is 11.6 Å². The maximum Gasteiger partial charge on any atom is 0.282 e. The maximum absolute atomic E-state index is 12.9. The van der Waals surface area contributed by atoms with Crippen LogP contribution in [0.25, 0.3) is 10.9 Å². The molecule has 0 amide bonds. The summed E-state index contributed by atoms with van der Waals surface area (Å²) >= 11 is 9.45. The monoisotopic (exact) mass is 448 g/mol. The lowest BCUT2D eigenvalue weighted by Gasteiger charge is -2.12. The second-order valence-corrected chi connectivity index (χ2v) is 7.43. The summed E-state index contributed by atoms with van der Waals surface area (Å²) in [6.07, 6.45) is 1.39. The summed E-state index contributed by atoms with van der Waals surface area (Å²) in [6.45, 7) is 3.83. The van der Waals surface area contributed by atoms with E-state index < -0.39 is 4.92 Å². The van der Waals surface area contributed by atoms with Gasteiger partial charge in [-0.1, -0.05) is 41.4 Å². The number of nitro benzene ring substituents is 1. The number of hydrogen-bond acceptors (Lipinski definition) is 5. The molecule has 0 aliphatic heterocycles. The lowest BCUT2D eigenvalue weighted by atomic mass is 10.2. The van der Waals surface area contributed by atoms with Gasteiger partial charge in [-0.3, -0.25) is 14.9 Å². The molecule has 9 heteroatoms. The molecule has 138 valence electrons. The first-order valence-electron chi connectivity index (χ1n) is 7.98. The molecule has 0 spiro atoms. The van der Waals surface area contributed by atoms with E-state index in [0.717, 1.165) is 4.47 Å². The molecule has 0 unspecified atom stereocenters. The van der Waals surface area contributed by atoms with Crippen molar-refractivity contribution in [1.82, 2.24) is 9.66 Å². The number of fused-ring (bicyclic) bond motifs is 1. The van der Waals surface area contributed by atoms with Crippen molar-refractivity contribution in [3.05, 3.63) is 77.7 Å². The van der Waals surface area contributed by atoms with Crippen molar-refractivity contribution >= 4 is 50.3 Å². The van der Waals surface area contributed by atoms with Crippen molar-refractivity contribution in [1.29, 1.82) is 0 Å². The predicted molar refractivity (Wildman–Crippen MR) is 109 cm³/mol. The lowest BCUT2D eigenvalue weighted by Crippen LogP contribution is -2.23. The average Bonchev–Trinajstić information content (AvgIpc) is 2.61. The minimum Gasteiger partial charge on any atom is -0.267 e. The normalized spacial score (nSPS) is 11.6. The van der Waals surface area contributed by atoms with Crippen molar-refractivity contribution in [3.8, 4) is 0 Å². The molecule has 0 radical (unpaired) electrons. The third kappa shape index (κ3) is 3.91. The predicted octanol–water partition coefficient (Wildman–Crippen LogP) is 4.73. The van der Waals surface area contributed by atoms with Crippen molar-refractivity contribution in [2.24, 2.45) is 5.10 Å². The average molecular weight is 450 g/mol. The molecule has 0 saturated heterocycles. The van der Waals surface area contributed by atoms with Crippen molar-refractivity contribution in [3.63, 3.8) is 0 Å². The molecule has 0 aliphatic carbocycles. The van der Waals surface area contributed by atoms with Crippen LogP contribution in [0.2, 0.25) is 5.02 Å². The third-order valence-electron chi connectivity index (χ3n) is 3.86. The van der Waals surface area contributed by atoms with E-state index in [1.807, 2.05) is 19.9 Å². The van der Waals surface area contributed by atoms with Crippen LogP contribution in [0.1, 0.15) is 31.2 Å². The molecule has 0 N–H and O–H groups in total. The molecule has 27 heavy (non-hydrogen) atoms. The molecule has 2 aromatic carbocycles. The molecule has 1 heterocycles. The molecular formula is C18H14BrClN4O3. The number of rotatable bonds is 4. The Hall–Kier alpha value is -2.58. The van der Waals surface area contributed by atoms with Gasteiger partial charge in [0.25, 0.3) is 11.2 Å². The van der Waals surface area contributed by atoms with Gasteiger partial charge in [0.15, 0.2) is 0 Å². The van der Waals surface area contributed by atoms with Gasteiger partial charge in [0.2, 0.25) is 0 Å². The largest absolute Gasteiger partial charge is 0.282 e. The molecule has 1 aromatic heterocycles. The van der Waals surface area contributed by atoms with E-state index in [-0.39, 0.29) is 22.2 Å². The van der Waals surface area contributed by atoms with Crippen LogP contribution in [0.4, 0.5) is 5.69 Å². The summed E-state index contributed by atoms with van der Waals surface area (Å²) in [4.78, 5) is 27.8. The topological polar surface area (TPSA) is 90.4 Å². The fourth-order valence-corrected chi connectivity index (χ4v) is 3.09. The molecular weight excluding hydrogens is 436 g/mol. The van der Waals surface area contributed by atoms with Crippen LogP contribution in [0, 0.1) is 10.1 Å². The van der Waals surface area contributed by atoms with Crippen LogP contribution < -0.4 is 5.56 Å². The Bertz CT molecular complexity index is 1140. The smallest absolute Gasteiger partial charge is 0.267 e. The molecule has 0 atom stereocenters. The number of non-ortho nitro benzene ring substituents is 1. The summed E-state index contributed by atoms with van der Waals surface area (Å²) in [6, 6.07) is 9.34. The summed E-state index contributed by atoms with van der Waals surface area (Å²) in [5.74, 6) is 0.458. The summed E-state index contributed by atoms with van der Waals surface area (Å²) < 4.78 is 2.00. The van der Waals surface area contributed by atoms with Gasteiger partial charge in [-0.15, -0.1) is 0 Å². The summed E-state index contributed by atoms with van der Waals surface area (Å²) in [5, 5.41) is 15.7. The van der Waals surface area contributed by atoms with Gasteiger partial charge in [0.1, 0.15) is 5.82 Å². The number of halogens is 2. The van der Waals surface area contributed by atoms with E-state index in [1.165, 1.54) is 29.1 Å². The number of nitro groups is 1. The number of hydrogen-bond donors (Lipinski definition) is 0. The number of benzene rings is 2. The highest BCUT2D eigenvalue weighted by molar-refractivity contribution is 9.10. The molecule has 0 fully saturated rings. The van der Waals surface area contributed by atoms with Gasteiger partial charge in [-0.2, -0.15) is 9.78 Å². The van der Waals surface area contributed by atoms with Gasteiger partial charge < -0.3 is 0 Å². The van der Waals surface area contributed by atoms with Crippen LogP contribution in [0.3, 0.4) is 0 Å². The highest BCUT2D eigenvalue weighted by atomic mass is 79.9. The Balaban J connectivity index is 2.14. The van der Waals surface area contributed by atoms with Gasteiger partial charge in [-0.25, -0.2) is 4.98 Å². The fraction of sp³-hybridized carbons (Fsp3) is 0.167. The maximum atomic E-state index is 12.9. The van der Waals surface area contributed by atoms with E-state index in [0.29, 0.717) is 22.3 Å². The van der Waals surface area contributed by atoms with Gasteiger partial charge in [0, 0.05) is 28.1 Å². The SMILES string of the molecule is CC(C)c1nc2ccc(Br)cc2c(=O)n1N=Cc1ccc([N+](=O)[O-])cc1Cl. The van der Waals surface area contributed by atoms with Crippen LogP contribution in [0.15, 0.2) is 50.8 Å². The second kappa shape index (κ2) is 7.58. The molecule has 0 bridgehead atoms. The summed E-state index contributed by atoms with van der Waals surface area (Å²) in [5.41, 5.74) is 0.624. The van der Waals surface area contributed by atoms with Crippen molar-refractivity contribution in [2.75, 3.05) is 0 Å². The van der Waals surface area contributed by atoms with Crippen LogP contribution >= 0.6 is 27.5 Å². The molecule has 3 rings (SSSR count). The van der Waals surface area contributed by atoms with E-state index >= 15 is 0 Å². The fourth-order valence-electron chi connectivity index (χ4n) is 2.51. The second-order valence-electron chi connectivity index (χ2n) is 6.11. The zero-order chi connectivity index (χ0) is 19.7. The Morgan fingerprint density at radius 2 is 2.04 bits per heavy atom. The van der Waals surface area contributed by atoms with Crippen LogP contribution in [-0.4, -0.2) is 20.8 Å². The molecule has 3 aromatic rings. The highest BCUT2D eigenvalue weighted by Crippen LogP contribution is 2.22. The first kappa shape index (κ1) is 19.2. The first-order valence-corrected chi connectivity index (χ1v) is 9.15. The minimum absolute atomic E-state index is 0.0461. The highest BCUT2D eigenvalue weighted by Gasteiger charge is 2.14. The zero-order valence-corrected chi connectivity index (χ0v) is 16.7. The Morgan fingerprint density at radius 3 is 2.67 bits per heavy atom. The van der Waals surface area contributed by atoms with Gasteiger partial charge >= 0.3 is 0 Å². The Labute approximate surface area is 167 Å². The van der Waals surface area contributed by atoms with Gasteiger partial charge in [0.05, 0.1) is 27.1 Å². The minimum atomic E-state index is -0.528. The summed E-state index contributed by atoms with van der Waals surface area (Å²) in [7, 11) is 0. The van der Waals surface area contributed by atoms with E-state index in [2.05, 4.69) is 26.0 Å². The zero-order valence-electron chi connectivity index (χ0n) is 14.4. The standard InChI is InChI=1S/C18H14BrClN4O3/c1-10(2)17-22-16-6-4-12(19)7-14(16)18(25)23(17)21-9-11-3-5-13(24(26)27)8-15(11)20/h3-10H,1-2H3. The third-order valence-corrected chi connectivity index (χ3v) is 4.68. The number of nitrogens with zero attached hydrogens (tertiary/aromatic N) is 4. The molecule has 0 aliphatic rings. The Morgan fingerprint density at radius 1 is 1.30 bits per heavy atom. The van der Waals surface area contributed by atoms with E-state index in [1.54, 1.807) is 12.1 Å². The Kier molecular flexibility index (Phi) is 5.38. The first-order chi connectivity index (χ1) is 12.8. The van der Waals surface area contributed by atoms with Crippen LogP contribution in [0.5, 0.6) is 0 Å². The van der Waals surface area contributed by atoms with Crippen LogP contribution in [-0.2, 0) is 0 Å². The molecule has 0 saturated carbocycles. The lowest BCUT2D eigenvalue weighted by molar-refractivity contribution is -0.384.